The molecule has 1 aromatic rings. The largest absolute Gasteiger partial charge is 0.346 e. The first-order valence-electron chi connectivity index (χ1n) is 7.03. The van der Waals surface area contributed by atoms with Crippen LogP contribution in [-0.2, 0) is 0 Å². The first-order chi connectivity index (χ1) is 9.68. The standard InChI is InChI=1S/C14H19N3O3/c18-14(12-6-2-3-7-13(12)17(19)20)15-8-11-16-9-4-1-5-10-16/h2-3,6-7H,1,4-5,8-11H2,(H,15,18)/p+1. The molecule has 1 fully saturated rings. The molecule has 0 aliphatic carbocycles. The van der Waals surface area contributed by atoms with Gasteiger partial charge in [0.1, 0.15) is 5.56 Å². The second-order valence-electron chi connectivity index (χ2n) is 5.09. The van der Waals surface area contributed by atoms with Crippen LogP contribution in [0.3, 0.4) is 0 Å². The minimum absolute atomic E-state index is 0.131. The number of likely N-dealkylation sites (tertiary alicyclic amines) is 1. The summed E-state index contributed by atoms with van der Waals surface area (Å²) in [7, 11) is 0. The maximum atomic E-state index is 12.0. The molecule has 1 aromatic carbocycles. The molecule has 0 radical (unpaired) electrons. The Labute approximate surface area is 117 Å². The lowest BCUT2D eigenvalue weighted by atomic mass is 10.1. The maximum Gasteiger partial charge on any atom is 0.282 e. The predicted molar refractivity (Wildman–Crippen MR) is 74.8 cm³/mol. The zero-order valence-electron chi connectivity index (χ0n) is 11.4. The van der Waals surface area contributed by atoms with E-state index in [4.69, 9.17) is 0 Å². The van der Waals surface area contributed by atoms with Crippen LogP contribution in [0.4, 0.5) is 5.69 Å². The molecule has 1 heterocycles. The van der Waals surface area contributed by atoms with E-state index in [0.29, 0.717) is 6.54 Å². The van der Waals surface area contributed by atoms with Gasteiger partial charge in [-0.25, -0.2) is 0 Å². The van der Waals surface area contributed by atoms with Gasteiger partial charge in [0, 0.05) is 6.07 Å². The molecule has 2 rings (SSSR count). The Morgan fingerprint density at radius 2 is 1.95 bits per heavy atom. The van der Waals surface area contributed by atoms with Crippen molar-refractivity contribution >= 4 is 11.6 Å². The lowest BCUT2D eigenvalue weighted by Crippen LogP contribution is -3.13. The van der Waals surface area contributed by atoms with E-state index in [2.05, 4.69) is 5.32 Å². The summed E-state index contributed by atoms with van der Waals surface area (Å²) in [6.45, 7) is 3.75. The normalized spacial score (nSPS) is 15.8. The maximum absolute atomic E-state index is 12.0. The molecule has 6 nitrogen and oxygen atoms in total. The van der Waals surface area contributed by atoms with E-state index in [1.54, 1.807) is 12.1 Å². The van der Waals surface area contributed by atoms with E-state index in [-0.39, 0.29) is 17.2 Å². The summed E-state index contributed by atoms with van der Waals surface area (Å²) in [6, 6.07) is 6.04. The molecular weight excluding hydrogens is 258 g/mol. The zero-order valence-corrected chi connectivity index (χ0v) is 11.4. The molecule has 20 heavy (non-hydrogen) atoms. The van der Waals surface area contributed by atoms with Gasteiger partial charge in [0.2, 0.25) is 0 Å². The molecule has 6 heteroatoms. The highest BCUT2D eigenvalue weighted by Crippen LogP contribution is 2.16. The van der Waals surface area contributed by atoms with Crippen LogP contribution in [-0.4, -0.2) is 37.0 Å². The predicted octanol–water partition coefficient (Wildman–Crippen LogP) is 0.393. The van der Waals surface area contributed by atoms with Crippen LogP contribution in [0.2, 0.25) is 0 Å². The Bertz CT molecular complexity index is 484. The second kappa shape index (κ2) is 7.00. The minimum atomic E-state index is -0.523. The number of carbonyl (C=O) groups is 1. The highest BCUT2D eigenvalue weighted by atomic mass is 16.6. The zero-order chi connectivity index (χ0) is 14.4. The summed E-state index contributed by atoms with van der Waals surface area (Å²) in [6.07, 6.45) is 3.78. The van der Waals surface area contributed by atoms with Gasteiger partial charge in [0.25, 0.3) is 11.6 Å². The van der Waals surface area contributed by atoms with E-state index in [1.807, 2.05) is 0 Å². The van der Waals surface area contributed by atoms with Crippen molar-refractivity contribution in [3.05, 3.63) is 39.9 Å². The average molecular weight is 278 g/mol. The van der Waals surface area contributed by atoms with Crippen LogP contribution in [0.5, 0.6) is 0 Å². The molecule has 1 aliphatic rings. The van der Waals surface area contributed by atoms with E-state index in [0.717, 1.165) is 19.6 Å². The molecule has 0 aromatic heterocycles. The molecular formula is C14H20N3O3+. The summed E-state index contributed by atoms with van der Waals surface area (Å²) in [5.41, 5.74) is -0.0125. The van der Waals surface area contributed by atoms with Gasteiger partial charge in [0.15, 0.2) is 0 Å². The van der Waals surface area contributed by atoms with Gasteiger partial charge in [-0.15, -0.1) is 0 Å². The number of quaternary nitrogens is 1. The summed E-state index contributed by atoms with van der Waals surface area (Å²) < 4.78 is 0. The average Bonchev–Trinajstić information content (AvgIpc) is 2.48. The third-order valence-corrected chi connectivity index (χ3v) is 3.67. The number of para-hydroxylation sites is 1. The number of nitrogens with zero attached hydrogens (tertiary/aromatic N) is 1. The first-order valence-corrected chi connectivity index (χ1v) is 7.03. The number of hydrogen-bond acceptors (Lipinski definition) is 3. The Morgan fingerprint density at radius 1 is 1.25 bits per heavy atom. The summed E-state index contributed by atoms with van der Waals surface area (Å²) in [5, 5.41) is 13.6. The van der Waals surface area contributed by atoms with Gasteiger partial charge in [-0.3, -0.25) is 14.9 Å². The first kappa shape index (κ1) is 14.5. The summed E-state index contributed by atoms with van der Waals surface area (Å²) in [4.78, 5) is 23.8. The third-order valence-electron chi connectivity index (χ3n) is 3.67. The quantitative estimate of drug-likeness (QED) is 0.604. The molecule has 0 spiro atoms. The monoisotopic (exact) mass is 278 g/mol. The fourth-order valence-corrected chi connectivity index (χ4v) is 2.57. The van der Waals surface area contributed by atoms with E-state index in [9.17, 15) is 14.9 Å². The van der Waals surface area contributed by atoms with Crippen molar-refractivity contribution in [3.8, 4) is 0 Å². The van der Waals surface area contributed by atoms with Crippen molar-refractivity contribution in [2.75, 3.05) is 26.2 Å². The minimum Gasteiger partial charge on any atom is -0.346 e. The number of carbonyl (C=O) groups excluding carboxylic acids is 1. The molecule has 1 aliphatic heterocycles. The number of piperidine rings is 1. The number of benzene rings is 1. The Morgan fingerprint density at radius 3 is 2.65 bits per heavy atom. The Hall–Kier alpha value is -1.95. The smallest absolute Gasteiger partial charge is 0.282 e. The van der Waals surface area contributed by atoms with Crippen molar-refractivity contribution in [3.63, 3.8) is 0 Å². The number of hydrogen-bond donors (Lipinski definition) is 2. The van der Waals surface area contributed by atoms with Crippen molar-refractivity contribution in [2.45, 2.75) is 19.3 Å². The molecule has 108 valence electrons. The molecule has 0 bridgehead atoms. The summed E-state index contributed by atoms with van der Waals surface area (Å²) >= 11 is 0. The van der Waals surface area contributed by atoms with Crippen LogP contribution in [0, 0.1) is 10.1 Å². The van der Waals surface area contributed by atoms with Crippen LogP contribution >= 0.6 is 0 Å². The number of rotatable bonds is 5. The Balaban J connectivity index is 1.87. The Kier molecular flexibility index (Phi) is 5.06. The SMILES string of the molecule is O=C(NCC[NH+]1CCCCC1)c1ccccc1[N+](=O)[O-]. The van der Waals surface area contributed by atoms with Crippen molar-refractivity contribution in [1.29, 1.82) is 0 Å². The van der Waals surface area contributed by atoms with Gasteiger partial charge in [0.05, 0.1) is 31.1 Å². The molecule has 0 saturated carbocycles. The van der Waals surface area contributed by atoms with Crippen LogP contribution in [0.15, 0.2) is 24.3 Å². The molecule has 2 N–H and O–H groups in total. The number of nitrogens with one attached hydrogen (secondary N) is 2. The van der Waals surface area contributed by atoms with Crippen LogP contribution in [0.25, 0.3) is 0 Å². The van der Waals surface area contributed by atoms with Gasteiger partial charge in [-0.05, 0) is 25.3 Å². The molecule has 1 saturated heterocycles. The lowest BCUT2D eigenvalue weighted by molar-refractivity contribution is -0.903. The fourth-order valence-electron chi connectivity index (χ4n) is 2.57. The van der Waals surface area contributed by atoms with Crippen molar-refractivity contribution in [1.82, 2.24) is 5.32 Å². The van der Waals surface area contributed by atoms with Gasteiger partial charge in [-0.1, -0.05) is 12.1 Å². The molecule has 0 unspecified atom stereocenters. The van der Waals surface area contributed by atoms with E-state index >= 15 is 0 Å². The number of amides is 1. The third kappa shape index (κ3) is 3.77. The number of nitro groups is 1. The van der Waals surface area contributed by atoms with Gasteiger partial charge < -0.3 is 10.2 Å². The van der Waals surface area contributed by atoms with Gasteiger partial charge >= 0.3 is 0 Å². The van der Waals surface area contributed by atoms with Crippen LogP contribution in [0.1, 0.15) is 29.6 Å². The van der Waals surface area contributed by atoms with E-state index < -0.39 is 4.92 Å². The highest BCUT2D eigenvalue weighted by Gasteiger charge is 2.19. The molecule has 1 amide bonds. The lowest BCUT2D eigenvalue weighted by Gasteiger charge is -2.23. The van der Waals surface area contributed by atoms with Crippen molar-refractivity contribution in [2.24, 2.45) is 0 Å². The summed E-state index contributed by atoms with van der Waals surface area (Å²) in [5.74, 6) is -0.367. The fraction of sp³-hybridized carbons (Fsp3) is 0.500. The van der Waals surface area contributed by atoms with Crippen molar-refractivity contribution < 1.29 is 14.6 Å². The number of nitro benzene ring substituents is 1. The van der Waals surface area contributed by atoms with Gasteiger partial charge in [-0.2, -0.15) is 0 Å². The molecule has 0 atom stereocenters. The second-order valence-corrected chi connectivity index (χ2v) is 5.09. The topological polar surface area (TPSA) is 76.7 Å². The highest BCUT2D eigenvalue weighted by molar-refractivity contribution is 5.98. The van der Waals surface area contributed by atoms with E-state index in [1.165, 1.54) is 36.3 Å². The van der Waals surface area contributed by atoms with Crippen LogP contribution < -0.4 is 10.2 Å².